The van der Waals surface area contributed by atoms with E-state index >= 15 is 0 Å². The van der Waals surface area contributed by atoms with E-state index in [0.717, 1.165) is 33.4 Å². The third-order valence-corrected chi connectivity index (χ3v) is 11.2. The average Bonchev–Trinajstić information content (AvgIpc) is 3.69. The minimum absolute atomic E-state index is 0.649. The second-order valence-corrected chi connectivity index (χ2v) is 13.8. The van der Waals surface area contributed by atoms with Gasteiger partial charge in [-0.2, -0.15) is 5.26 Å². The van der Waals surface area contributed by atoms with Crippen molar-refractivity contribution >= 4 is 63.0 Å². The number of nitrogens with zero attached hydrogens (tertiary/aromatic N) is 1. The van der Waals surface area contributed by atoms with Gasteiger partial charge in [0.2, 0.25) is 0 Å². The van der Waals surface area contributed by atoms with Gasteiger partial charge < -0.3 is 0 Å². The summed E-state index contributed by atoms with van der Waals surface area (Å²) in [6.45, 7) is 0. The number of benzene rings is 7. The predicted octanol–water partition coefficient (Wildman–Crippen LogP) is 13.0. The fourth-order valence-corrected chi connectivity index (χ4v) is 9.07. The first-order valence-electron chi connectivity index (χ1n) is 15.3. The van der Waals surface area contributed by atoms with Crippen molar-refractivity contribution in [2.24, 2.45) is 0 Å². The molecule has 7 aromatic carbocycles. The van der Waals surface area contributed by atoms with Gasteiger partial charge in [-0.3, -0.25) is 0 Å². The largest absolute Gasteiger partial charge is 0.192 e. The third-order valence-electron chi connectivity index (χ3n) is 8.90. The van der Waals surface area contributed by atoms with Gasteiger partial charge in [0.05, 0.1) is 11.6 Å². The maximum absolute atomic E-state index is 10.2. The molecule has 0 spiro atoms. The van der Waals surface area contributed by atoms with Crippen molar-refractivity contribution < 1.29 is 0 Å². The quantitative estimate of drug-likeness (QED) is 0.192. The maximum atomic E-state index is 10.2. The van der Waals surface area contributed by atoms with Gasteiger partial charge in [-0.1, -0.05) is 103 Å². The fourth-order valence-electron chi connectivity index (χ4n) is 6.85. The van der Waals surface area contributed by atoms with E-state index < -0.39 is 0 Å². The van der Waals surface area contributed by atoms with Crippen LogP contribution in [-0.2, 0) is 0 Å². The van der Waals surface area contributed by atoms with Crippen LogP contribution in [0.25, 0.3) is 84.9 Å². The highest BCUT2D eigenvalue weighted by Crippen LogP contribution is 2.47. The first kappa shape index (κ1) is 26.8. The molecule has 0 atom stereocenters. The Morgan fingerprint density at radius 3 is 1.87 bits per heavy atom. The molecule has 0 bridgehead atoms. The smallest absolute Gasteiger partial charge is 0.0992 e. The molecule has 0 radical (unpaired) electrons. The Labute approximate surface area is 274 Å². The Morgan fingerprint density at radius 2 is 1.02 bits per heavy atom. The van der Waals surface area contributed by atoms with E-state index in [1.54, 1.807) is 0 Å². The second-order valence-electron chi connectivity index (χ2n) is 11.6. The van der Waals surface area contributed by atoms with E-state index in [2.05, 4.69) is 146 Å². The SMILES string of the molecule is N#Cc1cc(-c2ccccc2)cc(-c2c(-c3ccc4sc5ccccc5c4c3)cccc2-c2cccc3sc4ccccc4c23)c1. The molecule has 0 aliphatic carbocycles. The summed E-state index contributed by atoms with van der Waals surface area (Å²) in [5, 5.41) is 15.3. The van der Waals surface area contributed by atoms with Crippen molar-refractivity contribution in [1.29, 1.82) is 5.26 Å². The molecule has 3 heteroatoms. The molecule has 0 unspecified atom stereocenters. The summed E-state index contributed by atoms with van der Waals surface area (Å²) in [5.74, 6) is 0. The third kappa shape index (κ3) is 4.35. The van der Waals surface area contributed by atoms with Gasteiger partial charge in [0, 0.05) is 40.3 Å². The molecule has 0 fully saturated rings. The van der Waals surface area contributed by atoms with Crippen LogP contribution in [0.4, 0.5) is 0 Å². The van der Waals surface area contributed by atoms with Crippen LogP contribution in [0.1, 0.15) is 5.56 Å². The summed E-state index contributed by atoms with van der Waals surface area (Å²) < 4.78 is 5.15. The molecular formula is C43H25NS2. The molecule has 2 heterocycles. The van der Waals surface area contributed by atoms with E-state index in [1.165, 1.54) is 51.5 Å². The second kappa shape index (κ2) is 10.8. The van der Waals surface area contributed by atoms with Crippen LogP contribution in [0.15, 0.2) is 152 Å². The highest BCUT2D eigenvalue weighted by molar-refractivity contribution is 7.26. The summed E-state index contributed by atoms with van der Waals surface area (Å²) in [5.41, 5.74) is 9.64. The molecule has 0 aliphatic rings. The first-order valence-corrected chi connectivity index (χ1v) is 16.9. The summed E-state index contributed by atoms with van der Waals surface area (Å²) in [7, 11) is 0. The molecular weight excluding hydrogens is 595 g/mol. The van der Waals surface area contributed by atoms with E-state index in [-0.39, 0.29) is 0 Å². The van der Waals surface area contributed by atoms with Crippen LogP contribution in [-0.4, -0.2) is 0 Å². The lowest BCUT2D eigenvalue weighted by Crippen LogP contribution is -1.93. The van der Waals surface area contributed by atoms with E-state index in [9.17, 15) is 5.26 Å². The molecule has 2 aromatic heterocycles. The van der Waals surface area contributed by atoms with Crippen molar-refractivity contribution in [3.05, 3.63) is 157 Å². The number of thiophene rings is 2. The van der Waals surface area contributed by atoms with Gasteiger partial charge in [0.1, 0.15) is 0 Å². The molecule has 0 aliphatic heterocycles. The summed E-state index contributed by atoms with van der Waals surface area (Å²) in [6, 6.07) is 56.7. The van der Waals surface area contributed by atoms with Crippen LogP contribution in [0, 0.1) is 11.3 Å². The highest BCUT2D eigenvalue weighted by atomic mass is 32.1. The van der Waals surface area contributed by atoms with Crippen LogP contribution >= 0.6 is 22.7 Å². The van der Waals surface area contributed by atoms with Crippen LogP contribution < -0.4 is 0 Å². The van der Waals surface area contributed by atoms with Crippen LogP contribution in [0.2, 0.25) is 0 Å². The zero-order chi connectivity index (χ0) is 30.6. The zero-order valence-electron chi connectivity index (χ0n) is 24.7. The number of fused-ring (bicyclic) bond motifs is 6. The lowest BCUT2D eigenvalue weighted by molar-refractivity contribution is 1.48. The summed E-state index contributed by atoms with van der Waals surface area (Å²) >= 11 is 3.68. The average molecular weight is 620 g/mol. The van der Waals surface area contributed by atoms with Crippen LogP contribution in [0.5, 0.6) is 0 Å². The van der Waals surface area contributed by atoms with Crippen molar-refractivity contribution in [3.8, 4) is 50.6 Å². The number of nitriles is 1. The lowest BCUT2D eigenvalue weighted by atomic mass is 9.84. The lowest BCUT2D eigenvalue weighted by Gasteiger charge is -2.18. The highest BCUT2D eigenvalue weighted by Gasteiger charge is 2.20. The van der Waals surface area contributed by atoms with Gasteiger partial charge in [0.15, 0.2) is 0 Å². The molecule has 46 heavy (non-hydrogen) atoms. The van der Waals surface area contributed by atoms with Crippen molar-refractivity contribution in [2.75, 3.05) is 0 Å². The minimum atomic E-state index is 0.649. The monoisotopic (exact) mass is 619 g/mol. The first-order chi connectivity index (χ1) is 22.7. The molecule has 9 rings (SSSR count). The van der Waals surface area contributed by atoms with E-state index in [1.807, 2.05) is 34.8 Å². The van der Waals surface area contributed by atoms with Gasteiger partial charge in [0.25, 0.3) is 0 Å². The summed E-state index contributed by atoms with van der Waals surface area (Å²) in [4.78, 5) is 0. The minimum Gasteiger partial charge on any atom is -0.192 e. The Bertz CT molecular complexity index is 2650. The number of hydrogen-bond donors (Lipinski definition) is 0. The van der Waals surface area contributed by atoms with Gasteiger partial charge in [-0.25, -0.2) is 0 Å². The molecule has 1 nitrogen and oxygen atoms in total. The Balaban J connectivity index is 1.38. The molecule has 0 amide bonds. The van der Waals surface area contributed by atoms with E-state index in [4.69, 9.17) is 0 Å². The molecule has 214 valence electrons. The molecule has 0 saturated heterocycles. The van der Waals surface area contributed by atoms with Gasteiger partial charge in [-0.05, 0) is 93.0 Å². The van der Waals surface area contributed by atoms with Crippen molar-refractivity contribution in [3.63, 3.8) is 0 Å². The Morgan fingerprint density at radius 1 is 0.391 bits per heavy atom. The fraction of sp³-hybridized carbons (Fsp3) is 0. The Hall–Kier alpha value is -5.53. The summed E-state index contributed by atoms with van der Waals surface area (Å²) in [6.07, 6.45) is 0. The molecule has 0 saturated carbocycles. The van der Waals surface area contributed by atoms with Crippen molar-refractivity contribution in [2.45, 2.75) is 0 Å². The zero-order valence-corrected chi connectivity index (χ0v) is 26.3. The van der Waals surface area contributed by atoms with E-state index in [0.29, 0.717) is 5.56 Å². The maximum Gasteiger partial charge on any atom is 0.0992 e. The van der Waals surface area contributed by atoms with Crippen molar-refractivity contribution in [1.82, 2.24) is 0 Å². The molecule has 9 aromatic rings. The number of hydrogen-bond acceptors (Lipinski definition) is 3. The van der Waals surface area contributed by atoms with Crippen LogP contribution in [0.3, 0.4) is 0 Å². The predicted molar refractivity (Wildman–Crippen MR) is 199 cm³/mol. The molecule has 0 N–H and O–H groups in total. The van der Waals surface area contributed by atoms with Gasteiger partial charge in [-0.15, -0.1) is 22.7 Å². The normalized spacial score (nSPS) is 11.5. The Kier molecular flexibility index (Phi) is 6.31. The number of rotatable bonds is 4. The topological polar surface area (TPSA) is 23.8 Å². The van der Waals surface area contributed by atoms with Gasteiger partial charge >= 0.3 is 0 Å². The standard InChI is InChI=1S/C43H25NS2/c44-26-27-22-30(28-10-2-1-3-11-28)24-31(23-27)42-32(29-20-21-40-37(25-29)33-12-4-6-17-38(33)45-40)14-8-15-34(42)35-16-9-19-41-43(35)36-13-5-7-18-39(36)46-41/h1-25H.